The van der Waals surface area contributed by atoms with Gasteiger partial charge in [-0.05, 0) is 11.5 Å². The number of fused-ring (bicyclic) bond motifs is 1. The summed E-state index contributed by atoms with van der Waals surface area (Å²) in [6.07, 6.45) is 0. The van der Waals surface area contributed by atoms with Gasteiger partial charge in [0.05, 0.1) is 19.3 Å². The highest BCUT2D eigenvalue weighted by Gasteiger charge is 2.13. The van der Waals surface area contributed by atoms with Gasteiger partial charge in [0.2, 0.25) is 0 Å². The number of morpholine rings is 1. The highest BCUT2D eigenvalue weighted by molar-refractivity contribution is 5.88. The quantitative estimate of drug-likeness (QED) is 0.896. The second-order valence-corrected chi connectivity index (χ2v) is 4.51. The Labute approximate surface area is 107 Å². The van der Waals surface area contributed by atoms with Crippen molar-refractivity contribution in [3.63, 3.8) is 0 Å². The van der Waals surface area contributed by atoms with E-state index < -0.39 is 0 Å². The molecule has 0 bridgehead atoms. The van der Waals surface area contributed by atoms with Crippen LogP contribution in [0.15, 0.2) is 42.5 Å². The molecule has 0 radical (unpaired) electrons. The molecule has 3 heteroatoms. The molecule has 18 heavy (non-hydrogen) atoms. The van der Waals surface area contributed by atoms with Crippen molar-refractivity contribution in [1.82, 2.24) is 5.32 Å². The van der Waals surface area contributed by atoms with E-state index in [4.69, 9.17) is 9.47 Å². The van der Waals surface area contributed by atoms with Gasteiger partial charge in [0.15, 0.2) is 0 Å². The molecule has 1 atom stereocenters. The van der Waals surface area contributed by atoms with E-state index in [1.54, 1.807) is 0 Å². The van der Waals surface area contributed by atoms with Crippen molar-refractivity contribution in [1.29, 1.82) is 0 Å². The Morgan fingerprint density at radius 2 is 2.06 bits per heavy atom. The molecular formula is C15H17NO2. The van der Waals surface area contributed by atoms with Gasteiger partial charge >= 0.3 is 0 Å². The Balaban J connectivity index is 1.74. The fraction of sp³-hybridized carbons (Fsp3) is 0.333. The lowest BCUT2D eigenvalue weighted by molar-refractivity contribution is 0.0595. The summed E-state index contributed by atoms with van der Waals surface area (Å²) < 4.78 is 11.3. The number of nitrogens with one attached hydrogen (secondary N) is 1. The first-order valence-electron chi connectivity index (χ1n) is 6.35. The second-order valence-electron chi connectivity index (χ2n) is 4.51. The molecule has 0 amide bonds. The van der Waals surface area contributed by atoms with Gasteiger partial charge in [-0.1, -0.05) is 36.4 Å². The van der Waals surface area contributed by atoms with E-state index in [0.29, 0.717) is 6.61 Å². The lowest BCUT2D eigenvalue weighted by atomic mass is 10.1. The Morgan fingerprint density at radius 1 is 1.17 bits per heavy atom. The average Bonchev–Trinajstić information content (AvgIpc) is 2.46. The Morgan fingerprint density at radius 3 is 2.94 bits per heavy atom. The monoisotopic (exact) mass is 243 g/mol. The van der Waals surface area contributed by atoms with E-state index in [-0.39, 0.29) is 6.04 Å². The molecule has 2 aromatic carbocycles. The molecule has 1 unspecified atom stereocenters. The zero-order chi connectivity index (χ0) is 12.2. The second kappa shape index (κ2) is 5.38. The first kappa shape index (κ1) is 11.5. The van der Waals surface area contributed by atoms with Gasteiger partial charge < -0.3 is 14.8 Å². The van der Waals surface area contributed by atoms with Gasteiger partial charge in [-0.15, -0.1) is 0 Å². The van der Waals surface area contributed by atoms with Crippen molar-refractivity contribution in [3.05, 3.63) is 42.5 Å². The van der Waals surface area contributed by atoms with Crippen LogP contribution in [0.1, 0.15) is 0 Å². The van der Waals surface area contributed by atoms with Crippen LogP contribution in [0, 0.1) is 0 Å². The first-order valence-corrected chi connectivity index (χ1v) is 6.35. The van der Waals surface area contributed by atoms with E-state index in [1.807, 2.05) is 24.3 Å². The number of benzene rings is 2. The molecule has 0 saturated carbocycles. The van der Waals surface area contributed by atoms with Crippen molar-refractivity contribution in [3.8, 4) is 5.75 Å². The minimum atomic E-state index is 0.290. The first-order chi connectivity index (χ1) is 8.93. The number of rotatable bonds is 3. The maximum atomic E-state index is 5.92. The molecule has 0 aromatic heterocycles. The molecule has 2 aromatic rings. The van der Waals surface area contributed by atoms with Gasteiger partial charge in [0.25, 0.3) is 0 Å². The van der Waals surface area contributed by atoms with Crippen LogP contribution in [-0.2, 0) is 4.74 Å². The van der Waals surface area contributed by atoms with E-state index in [0.717, 1.165) is 30.9 Å². The summed E-state index contributed by atoms with van der Waals surface area (Å²) in [6, 6.07) is 14.7. The van der Waals surface area contributed by atoms with Crippen molar-refractivity contribution >= 4 is 10.8 Å². The van der Waals surface area contributed by atoms with Crippen LogP contribution in [-0.4, -0.2) is 32.4 Å². The predicted molar refractivity (Wildman–Crippen MR) is 72.1 cm³/mol. The summed E-state index contributed by atoms with van der Waals surface area (Å²) >= 11 is 0. The maximum absolute atomic E-state index is 5.92. The highest BCUT2D eigenvalue weighted by Crippen LogP contribution is 2.25. The van der Waals surface area contributed by atoms with Crippen LogP contribution in [0.25, 0.3) is 10.8 Å². The lowest BCUT2D eigenvalue weighted by Crippen LogP contribution is -2.44. The smallest absolute Gasteiger partial charge is 0.127 e. The molecule has 1 fully saturated rings. The minimum absolute atomic E-state index is 0.290. The average molecular weight is 243 g/mol. The van der Waals surface area contributed by atoms with Crippen LogP contribution >= 0.6 is 0 Å². The van der Waals surface area contributed by atoms with Crippen LogP contribution in [0.4, 0.5) is 0 Å². The lowest BCUT2D eigenvalue weighted by Gasteiger charge is -2.24. The van der Waals surface area contributed by atoms with Gasteiger partial charge in [0.1, 0.15) is 12.4 Å². The summed E-state index contributed by atoms with van der Waals surface area (Å²) in [4.78, 5) is 0. The molecule has 1 N–H and O–H groups in total. The fourth-order valence-corrected chi connectivity index (χ4v) is 2.24. The minimum Gasteiger partial charge on any atom is -0.491 e. The summed E-state index contributed by atoms with van der Waals surface area (Å²) in [6.45, 7) is 3.08. The normalized spacial score (nSPS) is 19.9. The third-order valence-electron chi connectivity index (χ3n) is 3.19. The van der Waals surface area contributed by atoms with Crippen molar-refractivity contribution < 1.29 is 9.47 Å². The van der Waals surface area contributed by atoms with Gasteiger partial charge in [-0.3, -0.25) is 0 Å². The number of hydrogen-bond acceptors (Lipinski definition) is 3. The van der Waals surface area contributed by atoms with Gasteiger partial charge in [-0.25, -0.2) is 0 Å². The molecule has 1 saturated heterocycles. The molecule has 94 valence electrons. The van der Waals surface area contributed by atoms with Crippen LogP contribution < -0.4 is 10.1 Å². The Hall–Kier alpha value is -1.58. The zero-order valence-corrected chi connectivity index (χ0v) is 10.3. The molecule has 0 spiro atoms. The molecule has 1 aliphatic rings. The highest BCUT2D eigenvalue weighted by atomic mass is 16.5. The van der Waals surface area contributed by atoms with Crippen LogP contribution in [0.5, 0.6) is 5.75 Å². The number of ether oxygens (including phenoxy) is 2. The summed E-state index contributed by atoms with van der Waals surface area (Å²) in [7, 11) is 0. The fourth-order valence-electron chi connectivity index (χ4n) is 2.24. The summed E-state index contributed by atoms with van der Waals surface area (Å²) in [5, 5.41) is 5.76. The standard InChI is InChI=1S/C15H17NO2/c1-2-6-14-12(4-1)5-3-7-15(14)18-11-13-10-17-9-8-16-13/h1-7,13,16H,8-11H2. The van der Waals surface area contributed by atoms with Gasteiger partial charge in [0, 0.05) is 11.9 Å². The largest absolute Gasteiger partial charge is 0.491 e. The molecule has 3 rings (SSSR count). The van der Waals surface area contributed by atoms with Gasteiger partial charge in [-0.2, -0.15) is 0 Å². The van der Waals surface area contributed by atoms with Crippen molar-refractivity contribution in [2.75, 3.05) is 26.4 Å². The zero-order valence-electron chi connectivity index (χ0n) is 10.3. The molecule has 3 nitrogen and oxygen atoms in total. The van der Waals surface area contributed by atoms with E-state index >= 15 is 0 Å². The molecular weight excluding hydrogens is 226 g/mol. The molecule has 0 aliphatic carbocycles. The van der Waals surface area contributed by atoms with Crippen LogP contribution in [0.3, 0.4) is 0 Å². The predicted octanol–water partition coefficient (Wildman–Crippen LogP) is 2.21. The van der Waals surface area contributed by atoms with Crippen molar-refractivity contribution in [2.24, 2.45) is 0 Å². The van der Waals surface area contributed by atoms with E-state index in [1.165, 1.54) is 5.39 Å². The Bertz CT molecular complexity index is 515. The third kappa shape index (κ3) is 2.47. The van der Waals surface area contributed by atoms with Crippen molar-refractivity contribution in [2.45, 2.75) is 6.04 Å². The van der Waals surface area contributed by atoms with Crippen LogP contribution in [0.2, 0.25) is 0 Å². The third-order valence-corrected chi connectivity index (χ3v) is 3.19. The summed E-state index contributed by atoms with van der Waals surface area (Å²) in [5.41, 5.74) is 0. The topological polar surface area (TPSA) is 30.5 Å². The molecule has 1 aliphatic heterocycles. The SMILES string of the molecule is c1ccc2c(OCC3COCCN3)cccc2c1. The number of hydrogen-bond donors (Lipinski definition) is 1. The van der Waals surface area contributed by atoms with E-state index in [9.17, 15) is 0 Å². The maximum Gasteiger partial charge on any atom is 0.127 e. The summed E-state index contributed by atoms with van der Waals surface area (Å²) in [5.74, 6) is 0.945. The Kier molecular flexibility index (Phi) is 3.44. The van der Waals surface area contributed by atoms with E-state index in [2.05, 4.69) is 23.5 Å². The molecule has 1 heterocycles.